The molecule has 2 N–H and O–H groups in total. The van der Waals surface area contributed by atoms with Gasteiger partial charge in [0.1, 0.15) is 11.5 Å². The van der Waals surface area contributed by atoms with Gasteiger partial charge in [-0.1, -0.05) is 42.5 Å². The van der Waals surface area contributed by atoms with Gasteiger partial charge in [-0.25, -0.2) is 0 Å². The lowest BCUT2D eigenvalue weighted by Gasteiger charge is -2.29. The van der Waals surface area contributed by atoms with Crippen molar-refractivity contribution in [3.63, 3.8) is 0 Å². The first-order valence-corrected chi connectivity index (χ1v) is 9.60. The van der Waals surface area contributed by atoms with Gasteiger partial charge < -0.3 is 19.7 Å². The number of para-hydroxylation sites is 1. The zero-order valence-electron chi connectivity index (χ0n) is 15.7. The van der Waals surface area contributed by atoms with E-state index in [1.807, 2.05) is 59.3 Å². The number of benzene rings is 3. The summed E-state index contributed by atoms with van der Waals surface area (Å²) in [5, 5.41) is 21.9. The molecule has 1 aromatic heterocycles. The lowest BCUT2D eigenvalue weighted by molar-refractivity contribution is 0.0731. The van der Waals surface area contributed by atoms with Gasteiger partial charge in [0.25, 0.3) is 5.91 Å². The summed E-state index contributed by atoms with van der Waals surface area (Å²) in [7, 11) is 0. The highest BCUT2D eigenvalue weighted by Crippen LogP contribution is 2.34. The van der Waals surface area contributed by atoms with Gasteiger partial charge in [0, 0.05) is 25.4 Å². The van der Waals surface area contributed by atoms with Gasteiger partial charge in [0.05, 0.1) is 16.8 Å². The zero-order valence-corrected chi connectivity index (χ0v) is 15.7. The Morgan fingerprint density at radius 1 is 0.862 bits per heavy atom. The van der Waals surface area contributed by atoms with Crippen LogP contribution in [0.5, 0.6) is 11.5 Å². The van der Waals surface area contributed by atoms with Crippen molar-refractivity contribution in [2.24, 2.45) is 0 Å². The van der Waals surface area contributed by atoms with Crippen molar-refractivity contribution in [3.05, 3.63) is 89.6 Å². The third-order valence-corrected chi connectivity index (χ3v) is 5.60. The van der Waals surface area contributed by atoms with Crippen molar-refractivity contribution in [2.75, 3.05) is 6.54 Å². The molecule has 1 aliphatic heterocycles. The highest BCUT2D eigenvalue weighted by Gasteiger charge is 2.25. The fourth-order valence-electron chi connectivity index (χ4n) is 4.06. The molecule has 1 aliphatic rings. The highest BCUT2D eigenvalue weighted by molar-refractivity contribution is 5.98. The molecule has 0 saturated carbocycles. The summed E-state index contributed by atoms with van der Waals surface area (Å²) < 4.78 is 1.83. The molecule has 144 valence electrons. The lowest BCUT2D eigenvalue weighted by atomic mass is 9.99. The van der Waals surface area contributed by atoms with Crippen molar-refractivity contribution in [1.29, 1.82) is 0 Å². The first-order chi connectivity index (χ1) is 14.1. The Bertz CT molecular complexity index is 1240. The Labute approximate surface area is 168 Å². The molecule has 2 heterocycles. The summed E-state index contributed by atoms with van der Waals surface area (Å²) in [6.07, 6.45) is 2.64. The Morgan fingerprint density at radius 2 is 1.62 bits per heavy atom. The van der Waals surface area contributed by atoms with Gasteiger partial charge >= 0.3 is 0 Å². The predicted molar refractivity (Wildman–Crippen MR) is 111 cm³/mol. The highest BCUT2D eigenvalue weighted by atomic mass is 16.3. The molecular formula is C24H20N2O3. The van der Waals surface area contributed by atoms with E-state index in [9.17, 15) is 15.0 Å². The molecule has 0 radical (unpaired) electrons. The molecule has 0 fully saturated rings. The van der Waals surface area contributed by atoms with Crippen LogP contribution in [0.4, 0.5) is 0 Å². The molecule has 0 unspecified atom stereocenters. The fraction of sp³-hybridized carbons (Fsp3) is 0.125. The molecule has 0 atom stereocenters. The number of rotatable bonds is 2. The van der Waals surface area contributed by atoms with Crippen molar-refractivity contribution in [2.45, 2.75) is 13.0 Å². The maximum Gasteiger partial charge on any atom is 0.258 e. The minimum atomic E-state index is -0.241. The maximum absolute atomic E-state index is 13.2. The molecule has 4 aromatic rings. The predicted octanol–water partition coefficient (Wildman–Crippen LogP) is 4.24. The van der Waals surface area contributed by atoms with E-state index >= 15 is 0 Å². The summed E-state index contributed by atoms with van der Waals surface area (Å²) in [5.41, 5.74) is 3.95. The summed E-state index contributed by atoms with van der Waals surface area (Å²) >= 11 is 0. The van der Waals surface area contributed by atoms with Crippen molar-refractivity contribution < 1.29 is 15.0 Å². The summed E-state index contributed by atoms with van der Waals surface area (Å²) in [6, 6.07) is 20.7. The van der Waals surface area contributed by atoms with E-state index in [1.165, 1.54) is 11.6 Å². The molecule has 1 amide bonds. The lowest BCUT2D eigenvalue weighted by Crippen LogP contribution is -2.36. The Kier molecular flexibility index (Phi) is 4.02. The van der Waals surface area contributed by atoms with Gasteiger partial charge in [0.2, 0.25) is 0 Å². The third-order valence-electron chi connectivity index (χ3n) is 5.60. The number of fused-ring (bicyclic) bond motifs is 2. The molecule has 5 heteroatoms. The average Bonchev–Trinajstić information content (AvgIpc) is 3.17. The van der Waals surface area contributed by atoms with E-state index in [0.717, 1.165) is 22.9 Å². The van der Waals surface area contributed by atoms with E-state index in [0.29, 0.717) is 18.8 Å². The number of nitrogens with zero attached hydrogens (tertiary/aromatic N) is 2. The van der Waals surface area contributed by atoms with Crippen LogP contribution in [0, 0.1) is 0 Å². The number of hydrogen-bond donors (Lipinski definition) is 2. The Morgan fingerprint density at radius 3 is 2.48 bits per heavy atom. The molecule has 3 aromatic carbocycles. The van der Waals surface area contributed by atoms with Crippen molar-refractivity contribution >= 4 is 16.8 Å². The van der Waals surface area contributed by atoms with Crippen LogP contribution in [0.3, 0.4) is 0 Å². The quantitative estimate of drug-likeness (QED) is 0.543. The molecule has 29 heavy (non-hydrogen) atoms. The second kappa shape index (κ2) is 6.71. The fourth-order valence-corrected chi connectivity index (χ4v) is 4.06. The number of hydrogen-bond acceptors (Lipinski definition) is 3. The first-order valence-electron chi connectivity index (χ1n) is 9.60. The maximum atomic E-state index is 13.2. The normalized spacial score (nSPS) is 13.4. The molecule has 0 aliphatic carbocycles. The van der Waals surface area contributed by atoms with Crippen LogP contribution in [-0.4, -0.2) is 32.1 Å². The molecule has 5 nitrogen and oxygen atoms in total. The van der Waals surface area contributed by atoms with Crippen LogP contribution in [0.15, 0.2) is 72.9 Å². The van der Waals surface area contributed by atoms with Crippen LogP contribution in [-0.2, 0) is 13.0 Å². The van der Waals surface area contributed by atoms with Gasteiger partial charge in [-0.2, -0.15) is 0 Å². The van der Waals surface area contributed by atoms with E-state index < -0.39 is 0 Å². The van der Waals surface area contributed by atoms with E-state index in [-0.39, 0.29) is 23.0 Å². The number of carbonyl (C=O) groups excluding carboxylic acids is 1. The monoisotopic (exact) mass is 384 g/mol. The molecule has 0 bridgehead atoms. The molecular weight excluding hydrogens is 364 g/mol. The summed E-state index contributed by atoms with van der Waals surface area (Å²) in [6.45, 7) is 1.11. The second-order valence-corrected chi connectivity index (χ2v) is 7.35. The minimum absolute atomic E-state index is 0.0793. The molecule has 5 rings (SSSR count). The first kappa shape index (κ1) is 17.4. The van der Waals surface area contributed by atoms with E-state index in [4.69, 9.17) is 0 Å². The van der Waals surface area contributed by atoms with Gasteiger partial charge in [-0.05, 0) is 41.1 Å². The standard InChI is InChI=1S/C24H20N2O3/c27-22-14-23(28)21(26-12-10-17-6-3-4-8-20(17)26)13-19(22)24(29)25-11-9-16-5-1-2-7-18(16)15-25/h1-8,10,12-14,27-28H,9,11,15H2. The number of carbonyl (C=O) groups is 1. The summed E-state index contributed by atoms with van der Waals surface area (Å²) in [4.78, 5) is 14.9. The molecule has 0 saturated heterocycles. The van der Waals surface area contributed by atoms with Gasteiger partial charge in [0.15, 0.2) is 0 Å². The Hall–Kier alpha value is -3.73. The van der Waals surface area contributed by atoms with Crippen molar-refractivity contribution in [1.82, 2.24) is 9.47 Å². The van der Waals surface area contributed by atoms with E-state index in [1.54, 1.807) is 11.0 Å². The van der Waals surface area contributed by atoms with Crippen LogP contribution in [0.1, 0.15) is 21.5 Å². The SMILES string of the molecule is O=C(c1cc(-n2ccc3ccccc32)c(O)cc1O)N1CCc2ccccc2C1. The average molecular weight is 384 g/mol. The number of aromatic hydroxyl groups is 2. The van der Waals surface area contributed by atoms with Crippen LogP contribution in [0.25, 0.3) is 16.6 Å². The van der Waals surface area contributed by atoms with Gasteiger partial charge in [-0.15, -0.1) is 0 Å². The van der Waals surface area contributed by atoms with E-state index in [2.05, 4.69) is 6.07 Å². The number of aromatic nitrogens is 1. The smallest absolute Gasteiger partial charge is 0.258 e. The largest absolute Gasteiger partial charge is 0.507 e. The van der Waals surface area contributed by atoms with Crippen molar-refractivity contribution in [3.8, 4) is 17.2 Å². The zero-order chi connectivity index (χ0) is 20.0. The van der Waals surface area contributed by atoms with Gasteiger partial charge in [-0.3, -0.25) is 4.79 Å². The van der Waals surface area contributed by atoms with Crippen LogP contribution in [0.2, 0.25) is 0 Å². The Balaban J connectivity index is 1.54. The third kappa shape index (κ3) is 2.91. The second-order valence-electron chi connectivity index (χ2n) is 7.35. The summed E-state index contributed by atoms with van der Waals surface area (Å²) in [5.74, 6) is -0.536. The number of amides is 1. The number of phenolic OH excluding ortho intramolecular Hbond substituents is 2. The van der Waals surface area contributed by atoms with Crippen LogP contribution < -0.4 is 0 Å². The number of phenols is 2. The molecule has 0 spiro atoms. The topological polar surface area (TPSA) is 65.7 Å². The minimum Gasteiger partial charge on any atom is -0.507 e. The van der Waals surface area contributed by atoms with Crippen LogP contribution >= 0.6 is 0 Å².